The number of hydrogen-bond donors (Lipinski definition) is 2. The average molecular weight is 375 g/mol. The first-order valence-electron chi connectivity index (χ1n) is 9.18. The molecule has 0 bridgehead atoms. The number of fused-ring (bicyclic) bond motifs is 1. The first kappa shape index (κ1) is 19.0. The van der Waals surface area contributed by atoms with Gasteiger partial charge in [-0.1, -0.05) is 12.1 Å². The molecule has 0 saturated heterocycles. The smallest absolute Gasteiger partial charge is 0.325 e. The Bertz CT molecular complexity index is 717. The number of nitrogens with zero attached hydrogens (tertiary/aromatic N) is 1. The predicted octanol–water partition coefficient (Wildman–Crippen LogP) is 0.975. The largest absolute Gasteiger partial charge is 0.491 e. The zero-order valence-electron chi connectivity index (χ0n) is 15.5. The van der Waals surface area contributed by atoms with Gasteiger partial charge in [-0.25, -0.2) is 4.79 Å². The molecule has 1 saturated carbocycles. The van der Waals surface area contributed by atoms with Gasteiger partial charge in [-0.15, -0.1) is 0 Å². The highest BCUT2D eigenvalue weighted by molar-refractivity contribution is 5.81. The Balaban J connectivity index is 1.58. The van der Waals surface area contributed by atoms with Crippen molar-refractivity contribution in [2.75, 3.05) is 26.8 Å². The topological polar surface area (TPSA) is 97.0 Å². The maximum absolute atomic E-state index is 12.3. The van der Waals surface area contributed by atoms with Gasteiger partial charge in [0.05, 0.1) is 20.2 Å². The maximum atomic E-state index is 12.3. The first-order valence-corrected chi connectivity index (χ1v) is 9.18. The van der Waals surface area contributed by atoms with Crippen LogP contribution in [-0.2, 0) is 27.3 Å². The van der Waals surface area contributed by atoms with Crippen molar-refractivity contribution in [3.05, 3.63) is 29.3 Å². The second-order valence-electron chi connectivity index (χ2n) is 6.79. The quantitative estimate of drug-likeness (QED) is 0.723. The van der Waals surface area contributed by atoms with Crippen LogP contribution in [0.1, 0.15) is 30.4 Å². The summed E-state index contributed by atoms with van der Waals surface area (Å²) in [5, 5.41) is 5.53. The van der Waals surface area contributed by atoms with Crippen molar-refractivity contribution in [1.82, 2.24) is 15.5 Å². The first-order chi connectivity index (χ1) is 13.0. The monoisotopic (exact) mass is 375 g/mol. The van der Waals surface area contributed by atoms with Gasteiger partial charge in [-0.3, -0.25) is 9.59 Å². The Morgan fingerprint density at radius 1 is 1.30 bits per heavy atom. The highest BCUT2D eigenvalue weighted by Gasteiger charge is 2.23. The van der Waals surface area contributed by atoms with Crippen molar-refractivity contribution >= 4 is 17.9 Å². The van der Waals surface area contributed by atoms with Crippen LogP contribution in [0.3, 0.4) is 0 Å². The third-order valence-corrected chi connectivity index (χ3v) is 4.59. The van der Waals surface area contributed by atoms with Gasteiger partial charge < -0.3 is 25.0 Å². The van der Waals surface area contributed by atoms with Crippen LogP contribution in [-0.4, -0.2) is 55.7 Å². The number of urea groups is 1. The van der Waals surface area contributed by atoms with E-state index in [1.165, 1.54) is 7.11 Å². The normalized spacial score (nSPS) is 15.8. The minimum atomic E-state index is -0.499. The molecule has 0 spiro atoms. The van der Waals surface area contributed by atoms with Gasteiger partial charge in [-0.2, -0.15) is 0 Å². The minimum Gasteiger partial charge on any atom is -0.491 e. The summed E-state index contributed by atoms with van der Waals surface area (Å²) in [5.74, 6) is 0.318. The lowest BCUT2D eigenvalue weighted by Crippen LogP contribution is -2.42. The van der Waals surface area contributed by atoms with Crippen molar-refractivity contribution in [3.8, 4) is 5.75 Å². The number of hydrogen-bond acceptors (Lipinski definition) is 5. The summed E-state index contributed by atoms with van der Waals surface area (Å²) in [4.78, 5) is 36.9. The van der Waals surface area contributed by atoms with E-state index in [1.807, 2.05) is 18.2 Å². The van der Waals surface area contributed by atoms with Crippen LogP contribution < -0.4 is 15.4 Å². The second-order valence-corrected chi connectivity index (χ2v) is 6.79. The van der Waals surface area contributed by atoms with Gasteiger partial charge >= 0.3 is 12.0 Å². The molecule has 1 aromatic carbocycles. The van der Waals surface area contributed by atoms with E-state index >= 15 is 0 Å². The van der Waals surface area contributed by atoms with E-state index in [9.17, 15) is 14.4 Å². The fourth-order valence-electron chi connectivity index (χ4n) is 2.89. The van der Waals surface area contributed by atoms with Crippen LogP contribution >= 0.6 is 0 Å². The summed E-state index contributed by atoms with van der Waals surface area (Å²) in [6.07, 6.45) is 3.24. The number of aryl methyl sites for hydroxylation is 1. The highest BCUT2D eigenvalue weighted by Crippen LogP contribution is 2.25. The van der Waals surface area contributed by atoms with Crippen LogP contribution in [0.2, 0.25) is 0 Å². The Morgan fingerprint density at radius 2 is 2.11 bits per heavy atom. The molecule has 8 nitrogen and oxygen atoms in total. The van der Waals surface area contributed by atoms with Crippen molar-refractivity contribution in [2.45, 2.75) is 38.3 Å². The minimum absolute atomic E-state index is 0.0764. The van der Waals surface area contributed by atoms with E-state index in [-0.39, 0.29) is 18.5 Å². The van der Waals surface area contributed by atoms with Gasteiger partial charge in [0.15, 0.2) is 0 Å². The van der Waals surface area contributed by atoms with E-state index in [0.717, 1.165) is 29.7 Å². The lowest BCUT2D eigenvalue weighted by Gasteiger charge is -2.20. The number of methoxy groups -OCH3 is 1. The third-order valence-electron chi connectivity index (χ3n) is 4.59. The highest BCUT2D eigenvalue weighted by atomic mass is 16.5. The van der Waals surface area contributed by atoms with E-state index in [2.05, 4.69) is 15.4 Å². The fourth-order valence-corrected chi connectivity index (χ4v) is 2.89. The molecule has 1 fully saturated rings. The molecule has 0 unspecified atom stereocenters. The molecule has 27 heavy (non-hydrogen) atoms. The average Bonchev–Trinajstić information content (AvgIpc) is 3.49. The number of esters is 1. The SMILES string of the molecule is COC(=O)CNC(=O)N1CCOc2ccc(CCC(=O)NC3CC3)cc2C1. The number of nitrogens with one attached hydrogen (secondary N) is 2. The molecule has 0 atom stereocenters. The van der Waals surface area contributed by atoms with E-state index in [0.29, 0.717) is 38.6 Å². The summed E-state index contributed by atoms with van der Waals surface area (Å²) < 4.78 is 10.3. The molecular formula is C19H25N3O5. The molecule has 3 rings (SSSR count). The fraction of sp³-hybridized carbons (Fsp3) is 0.526. The molecule has 1 aliphatic heterocycles. The summed E-state index contributed by atoms with van der Waals surface area (Å²) >= 11 is 0. The number of ether oxygens (including phenoxy) is 2. The third kappa shape index (κ3) is 5.60. The van der Waals surface area contributed by atoms with Crippen LogP contribution in [0.4, 0.5) is 4.79 Å². The Hall–Kier alpha value is -2.77. The van der Waals surface area contributed by atoms with Crippen molar-refractivity contribution < 1.29 is 23.9 Å². The molecule has 1 aliphatic carbocycles. The zero-order chi connectivity index (χ0) is 19.2. The number of rotatable bonds is 6. The molecule has 0 aromatic heterocycles. The second kappa shape index (κ2) is 8.75. The molecule has 3 amide bonds. The van der Waals surface area contributed by atoms with Gasteiger partial charge in [0, 0.05) is 18.0 Å². The molecule has 146 valence electrons. The van der Waals surface area contributed by atoms with Gasteiger partial charge in [-0.05, 0) is 30.9 Å². The van der Waals surface area contributed by atoms with E-state index in [1.54, 1.807) is 4.90 Å². The lowest BCUT2D eigenvalue weighted by atomic mass is 10.0. The summed E-state index contributed by atoms with van der Waals surface area (Å²) in [6, 6.07) is 5.85. The van der Waals surface area contributed by atoms with E-state index < -0.39 is 5.97 Å². The molecule has 2 N–H and O–H groups in total. The van der Waals surface area contributed by atoms with Crippen molar-refractivity contribution in [3.63, 3.8) is 0 Å². The molecule has 1 aromatic rings. The Labute approximate surface area is 158 Å². The number of carbonyl (C=O) groups excluding carboxylic acids is 3. The van der Waals surface area contributed by atoms with Crippen LogP contribution in [0, 0.1) is 0 Å². The predicted molar refractivity (Wildman–Crippen MR) is 97.2 cm³/mol. The maximum Gasteiger partial charge on any atom is 0.325 e. The summed E-state index contributed by atoms with van der Waals surface area (Å²) in [5.41, 5.74) is 1.92. The number of amides is 3. The number of benzene rings is 1. The molecule has 1 heterocycles. The van der Waals surface area contributed by atoms with Gasteiger partial charge in [0.25, 0.3) is 0 Å². The van der Waals surface area contributed by atoms with Gasteiger partial charge in [0.2, 0.25) is 5.91 Å². The molecule has 2 aliphatic rings. The molecular weight excluding hydrogens is 350 g/mol. The number of carbonyl (C=O) groups is 3. The molecule has 8 heteroatoms. The van der Waals surface area contributed by atoms with Crippen molar-refractivity contribution in [1.29, 1.82) is 0 Å². The van der Waals surface area contributed by atoms with Crippen LogP contribution in [0.25, 0.3) is 0 Å². The van der Waals surface area contributed by atoms with Gasteiger partial charge in [0.1, 0.15) is 18.9 Å². The Morgan fingerprint density at radius 3 is 2.85 bits per heavy atom. The van der Waals surface area contributed by atoms with E-state index in [4.69, 9.17) is 4.74 Å². The van der Waals surface area contributed by atoms with Crippen molar-refractivity contribution in [2.24, 2.45) is 0 Å². The summed E-state index contributed by atoms with van der Waals surface area (Å²) in [7, 11) is 1.27. The standard InChI is InChI=1S/C19H25N3O5/c1-26-18(24)11-20-19(25)22-8-9-27-16-6-2-13(10-14(16)12-22)3-7-17(23)21-15-4-5-15/h2,6,10,15H,3-5,7-9,11-12H2,1H3,(H,20,25)(H,21,23). The Kier molecular flexibility index (Phi) is 6.16. The molecule has 0 radical (unpaired) electrons. The van der Waals surface area contributed by atoms with Crippen LogP contribution in [0.5, 0.6) is 5.75 Å². The lowest BCUT2D eigenvalue weighted by molar-refractivity contribution is -0.139. The zero-order valence-corrected chi connectivity index (χ0v) is 15.5. The summed E-state index contributed by atoms with van der Waals surface area (Å²) in [6.45, 7) is 1.00. The van der Waals surface area contributed by atoms with Crippen LogP contribution in [0.15, 0.2) is 18.2 Å².